The van der Waals surface area contributed by atoms with Gasteiger partial charge in [0.25, 0.3) is 0 Å². The average Bonchev–Trinajstić information content (AvgIpc) is 3.04. The zero-order valence-corrected chi connectivity index (χ0v) is 12.8. The first-order chi connectivity index (χ1) is 10.9. The molecule has 0 aromatic carbocycles. The molecule has 2 N–H and O–H groups in total. The standard InChI is InChI=1S/C15H21F3N4O/c16-15(17,18)13(10-4-1-2-5-10)21-14(23)20-11-8-19-22(9-11)12-6-3-7-12/h8-10,12-13H,1-7H2,(H2,20,21,23). The maximum absolute atomic E-state index is 13.2. The summed E-state index contributed by atoms with van der Waals surface area (Å²) in [5.41, 5.74) is 0.418. The minimum absolute atomic E-state index is 0.343. The number of carbonyl (C=O) groups is 1. The average molecular weight is 330 g/mol. The van der Waals surface area contributed by atoms with Crippen molar-refractivity contribution >= 4 is 11.7 Å². The van der Waals surface area contributed by atoms with Crippen molar-refractivity contribution in [3.8, 4) is 0 Å². The van der Waals surface area contributed by atoms with E-state index in [1.54, 1.807) is 10.9 Å². The fourth-order valence-corrected chi connectivity index (χ4v) is 3.32. The Bertz CT molecular complexity index is 547. The summed E-state index contributed by atoms with van der Waals surface area (Å²) in [6.45, 7) is 0. The van der Waals surface area contributed by atoms with E-state index >= 15 is 0 Å². The maximum atomic E-state index is 13.2. The third kappa shape index (κ3) is 3.79. The van der Waals surface area contributed by atoms with Gasteiger partial charge in [-0.1, -0.05) is 12.8 Å². The number of nitrogens with zero attached hydrogens (tertiary/aromatic N) is 2. The Balaban J connectivity index is 1.59. The Morgan fingerprint density at radius 2 is 1.91 bits per heavy atom. The fraction of sp³-hybridized carbons (Fsp3) is 0.733. The van der Waals surface area contributed by atoms with Gasteiger partial charge in [-0.2, -0.15) is 18.3 Å². The molecular weight excluding hydrogens is 309 g/mol. The van der Waals surface area contributed by atoms with Gasteiger partial charge in [-0.3, -0.25) is 4.68 Å². The number of carbonyl (C=O) groups excluding carboxylic acids is 1. The number of hydrogen-bond acceptors (Lipinski definition) is 2. The number of anilines is 1. The van der Waals surface area contributed by atoms with E-state index < -0.39 is 24.2 Å². The van der Waals surface area contributed by atoms with Gasteiger partial charge in [-0.05, 0) is 38.0 Å². The molecule has 0 bridgehead atoms. The van der Waals surface area contributed by atoms with Crippen molar-refractivity contribution in [2.45, 2.75) is 63.2 Å². The van der Waals surface area contributed by atoms with Crippen LogP contribution in [0.3, 0.4) is 0 Å². The zero-order valence-electron chi connectivity index (χ0n) is 12.8. The molecule has 3 rings (SSSR count). The molecule has 0 saturated heterocycles. The van der Waals surface area contributed by atoms with Gasteiger partial charge in [-0.15, -0.1) is 0 Å². The lowest BCUT2D eigenvalue weighted by Gasteiger charge is -2.27. The van der Waals surface area contributed by atoms with Gasteiger partial charge in [0.2, 0.25) is 0 Å². The molecule has 128 valence electrons. The van der Waals surface area contributed by atoms with Crippen LogP contribution in [-0.4, -0.2) is 28.0 Å². The summed E-state index contributed by atoms with van der Waals surface area (Å²) in [5.74, 6) is -0.529. The number of alkyl halides is 3. The number of halogens is 3. The Morgan fingerprint density at radius 1 is 1.22 bits per heavy atom. The van der Waals surface area contributed by atoms with Gasteiger partial charge < -0.3 is 10.6 Å². The summed E-state index contributed by atoms with van der Waals surface area (Å²) >= 11 is 0. The van der Waals surface area contributed by atoms with Crippen molar-refractivity contribution in [2.75, 3.05) is 5.32 Å². The first-order valence-corrected chi connectivity index (χ1v) is 8.12. The van der Waals surface area contributed by atoms with Crippen LogP contribution in [0.5, 0.6) is 0 Å². The molecule has 2 aliphatic carbocycles. The van der Waals surface area contributed by atoms with Gasteiger partial charge in [0.1, 0.15) is 6.04 Å². The summed E-state index contributed by atoms with van der Waals surface area (Å²) in [5, 5.41) is 8.71. The fourth-order valence-electron chi connectivity index (χ4n) is 3.32. The van der Waals surface area contributed by atoms with Crippen LogP contribution in [0.2, 0.25) is 0 Å². The van der Waals surface area contributed by atoms with E-state index in [4.69, 9.17) is 0 Å². The molecule has 1 atom stereocenters. The normalized spacial score (nSPS) is 21.0. The van der Waals surface area contributed by atoms with Gasteiger partial charge in [0.05, 0.1) is 17.9 Å². The molecule has 0 aliphatic heterocycles. The molecule has 2 aliphatic rings. The smallest absolute Gasteiger partial charge is 0.326 e. The third-order valence-electron chi connectivity index (χ3n) is 4.82. The summed E-state index contributed by atoms with van der Waals surface area (Å²) in [7, 11) is 0. The molecule has 0 radical (unpaired) electrons. The number of hydrogen-bond donors (Lipinski definition) is 2. The van der Waals surface area contributed by atoms with E-state index in [9.17, 15) is 18.0 Å². The molecule has 1 aromatic rings. The van der Waals surface area contributed by atoms with E-state index in [0.717, 1.165) is 32.1 Å². The van der Waals surface area contributed by atoms with Crippen molar-refractivity contribution in [1.29, 1.82) is 0 Å². The van der Waals surface area contributed by atoms with E-state index in [0.29, 0.717) is 24.6 Å². The summed E-state index contributed by atoms with van der Waals surface area (Å²) in [4.78, 5) is 11.9. The highest BCUT2D eigenvalue weighted by Gasteiger charge is 2.46. The molecule has 2 fully saturated rings. The number of nitrogens with one attached hydrogen (secondary N) is 2. The molecule has 5 nitrogen and oxygen atoms in total. The molecule has 2 saturated carbocycles. The highest BCUT2D eigenvalue weighted by molar-refractivity contribution is 5.89. The Morgan fingerprint density at radius 3 is 2.48 bits per heavy atom. The molecular formula is C15H21F3N4O. The summed E-state index contributed by atoms with van der Waals surface area (Å²) < 4.78 is 41.3. The van der Waals surface area contributed by atoms with Crippen LogP contribution >= 0.6 is 0 Å². The second-order valence-corrected chi connectivity index (χ2v) is 6.46. The Labute approximate surface area is 132 Å². The van der Waals surface area contributed by atoms with E-state index in [-0.39, 0.29) is 0 Å². The van der Waals surface area contributed by atoms with Gasteiger partial charge in [0.15, 0.2) is 0 Å². The van der Waals surface area contributed by atoms with Crippen LogP contribution in [0, 0.1) is 5.92 Å². The van der Waals surface area contributed by atoms with Gasteiger partial charge >= 0.3 is 12.2 Å². The topological polar surface area (TPSA) is 59.0 Å². The SMILES string of the molecule is O=C(Nc1cnn(C2CCC2)c1)NC(C1CCCC1)C(F)(F)F. The molecule has 23 heavy (non-hydrogen) atoms. The first kappa shape index (κ1) is 16.1. The minimum atomic E-state index is -4.43. The number of urea groups is 1. The predicted octanol–water partition coefficient (Wildman–Crippen LogP) is 3.85. The summed E-state index contributed by atoms with van der Waals surface area (Å²) in [6, 6.07) is -2.27. The lowest BCUT2D eigenvalue weighted by Crippen LogP contribution is -2.50. The molecule has 1 aromatic heterocycles. The Hall–Kier alpha value is -1.73. The van der Waals surface area contributed by atoms with Crippen LogP contribution in [0.15, 0.2) is 12.4 Å². The monoisotopic (exact) mass is 330 g/mol. The number of rotatable bonds is 4. The molecule has 8 heteroatoms. The Kier molecular flexibility index (Phi) is 4.50. The van der Waals surface area contributed by atoms with E-state index in [1.807, 2.05) is 0 Å². The number of amides is 2. The third-order valence-corrected chi connectivity index (χ3v) is 4.82. The van der Waals surface area contributed by atoms with E-state index in [2.05, 4.69) is 15.7 Å². The van der Waals surface area contributed by atoms with Crippen LogP contribution < -0.4 is 10.6 Å². The molecule has 2 amide bonds. The largest absolute Gasteiger partial charge is 0.408 e. The number of aromatic nitrogens is 2. The first-order valence-electron chi connectivity index (χ1n) is 8.12. The van der Waals surface area contributed by atoms with Crippen LogP contribution in [0.4, 0.5) is 23.7 Å². The predicted molar refractivity (Wildman–Crippen MR) is 79.1 cm³/mol. The highest BCUT2D eigenvalue weighted by Crippen LogP contribution is 2.36. The minimum Gasteiger partial charge on any atom is -0.326 e. The van der Waals surface area contributed by atoms with Crippen LogP contribution in [0.1, 0.15) is 51.0 Å². The lowest BCUT2D eigenvalue weighted by atomic mass is 9.93. The van der Waals surface area contributed by atoms with Crippen LogP contribution in [0.25, 0.3) is 0 Å². The van der Waals surface area contributed by atoms with Crippen molar-refractivity contribution in [2.24, 2.45) is 5.92 Å². The second kappa shape index (κ2) is 6.41. The van der Waals surface area contributed by atoms with Gasteiger partial charge in [0, 0.05) is 6.20 Å². The molecule has 1 heterocycles. The van der Waals surface area contributed by atoms with Crippen molar-refractivity contribution in [3.63, 3.8) is 0 Å². The zero-order chi connectivity index (χ0) is 16.4. The quantitative estimate of drug-likeness (QED) is 0.881. The van der Waals surface area contributed by atoms with Gasteiger partial charge in [-0.25, -0.2) is 4.79 Å². The van der Waals surface area contributed by atoms with Crippen molar-refractivity contribution < 1.29 is 18.0 Å². The van der Waals surface area contributed by atoms with Crippen LogP contribution in [-0.2, 0) is 0 Å². The van der Waals surface area contributed by atoms with Crippen molar-refractivity contribution in [3.05, 3.63) is 12.4 Å². The molecule has 1 unspecified atom stereocenters. The summed E-state index contributed by atoms with van der Waals surface area (Å²) in [6.07, 6.45) is 4.54. The lowest BCUT2D eigenvalue weighted by molar-refractivity contribution is -0.164. The maximum Gasteiger partial charge on any atom is 0.408 e. The second-order valence-electron chi connectivity index (χ2n) is 6.46. The highest BCUT2D eigenvalue weighted by atomic mass is 19.4. The molecule has 0 spiro atoms. The van der Waals surface area contributed by atoms with Crippen molar-refractivity contribution in [1.82, 2.24) is 15.1 Å². The van der Waals surface area contributed by atoms with E-state index in [1.165, 1.54) is 6.20 Å².